The van der Waals surface area contributed by atoms with Gasteiger partial charge in [0.2, 0.25) is 0 Å². The van der Waals surface area contributed by atoms with Crippen LogP contribution in [0.2, 0.25) is 0 Å². The van der Waals surface area contributed by atoms with Crippen molar-refractivity contribution in [2.24, 2.45) is 11.8 Å². The maximum Gasteiger partial charge on any atom is 0.170 e. The molecule has 1 aliphatic heterocycles. The van der Waals surface area contributed by atoms with Gasteiger partial charge in [0.15, 0.2) is 5.11 Å². The lowest BCUT2D eigenvalue weighted by Crippen LogP contribution is -2.50. The van der Waals surface area contributed by atoms with Crippen molar-refractivity contribution in [1.29, 1.82) is 0 Å². The van der Waals surface area contributed by atoms with E-state index >= 15 is 0 Å². The van der Waals surface area contributed by atoms with Gasteiger partial charge in [-0.25, -0.2) is 0 Å². The topological polar surface area (TPSA) is 27.3 Å². The Kier molecular flexibility index (Phi) is 6.85. The minimum atomic E-state index is 0.570. The fourth-order valence-electron chi connectivity index (χ4n) is 3.61. The number of nitrogens with one attached hydrogen (secondary N) is 2. The summed E-state index contributed by atoms with van der Waals surface area (Å²) in [5.41, 5.74) is 2.30. The van der Waals surface area contributed by atoms with Gasteiger partial charge >= 0.3 is 0 Å². The van der Waals surface area contributed by atoms with Crippen LogP contribution in [0.3, 0.4) is 0 Å². The van der Waals surface area contributed by atoms with Gasteiger partial charge in [-0.3, -0.25) is 0 Å². The van der Waals surface area contributed by atoms with Gasteiger partial charge in [0.1, 0.15) is 0 Å². The van der Waals surface area contributed by atoms with Crippen molar-refractivity contribution < 1.29 is 0 Å². The van der Waals surface area contributed by atoms with Crippen LogP contribution < -0.4 is 10.6 Å². The summed E-state index contributed by atoms with van der Waals surface area (Å²) in [5.74, 6) is 1.69. The van der Waals surface area contributed by atoms with E-state index in [9.17, 15) is 0 Å². The number of anilines is 1. The number of rotatable bonds is 5. The summed E-state index contributed by atoms with van der Waals surface area (Å²) in [6.07, 6.45) is 3.84. The molecule has 3 atom stereocenters. The Hall–Kier alpha value is -1.13. The van der Waals surface area contributed by atoms with Crippen LogP contribution in [-0.4, -0.2) is 36.2 Å². The highest BCUT2D eigenvalue weighted by molar-refractivity contribution is 7.80. The maximum absolute atomic E-state index is 5.44. The van der Waals surface area contributed by atoms with E-state index in [1.807, 2.05) is 0 Å². The molecule has 0 saturated carbocycles. The predicted octanol–water partition coefficient (Wildman–Crippen LogP) is 4.04. The molecular formula is C19H31N3S. The lowest BCUT2D eigenvalue weighted by molar-refractivity contribution is 0.0814. The molecule has 0 spiro atoms. The zero-order chi connectivity index (χ0) is 16.8. The molecule has 128 valence electrons. The maximum atomic E-state index is 5.44. The Balaban J connectivity index is 1.82. The Morgan fingerprint density at radius 2 is 1.83 bits per heavy atom. The van der Waals surface area contributed by atoms with Gasteiger partial charge in [-0.1, -0.05) is 44.4 Å². The molecule has 1 heterocycles. The number of thiocarbonyl (C=S) groups is 1. The Labute approximate surface area is 146 Å². The molecule has 3 nitrogen and oxygen atoms in total. The van der Waals surface area contributed by atoms with Crippen molar-refractivity contribution in [2.45, 2.75) is 46.1 Å². The SMILES string of the molecule is CC[C@H]1C[C@H](CNC(=S)Nc2ccc(C)cc2)N(C)C[C@@H]1CC. The average molecular weight is 334 g/mol. The largest absolute Gasteiger partial charge is 0.361 e. The highest BCUT2D eigenvalue weighted by Gasteiger charge is 2.31. The molecule has 1 saturated heterocycles. The Bertz CT molecular complexity index is 500. The zero-order valence-corrected chi connectivity index (χ0v) is 15.7. The van der Waals surface area contributed by atoms with E-state index in [-0.39, 0.29) is 0 Å². The molecule has 1 aliphatic rings. The molecule has 2 N–H and O–H groups in total. The molecule has 0 radical (unpaired) electrons. The minimum Gasteiger partial charge on any atom is -0.361 e. The quantitative estimate of drug-likeness (QED) is 0.795. The highest BCUT2D eigenvalue weighted by atomic mass is 32.1. The smallest absolute Gasteiger partial charge is 0.170 e. The van der Waals surface area contributed by atoms with E-state index in [2.05, 4.69) is 67.6 Å². The Morgan fingerprint density at radius 3 is 2.43 bits per heavy atom. The van der Waals surface area contributed by atoms with E-state index in [1.54, 1.807) is 0 Å². The molecular weight excluding hydrogens is 302 g/mol. The summed E-state index contributed by atoms with van der Waals surface area (Å²) in [5, 5.41) is 7.39. The molecule has 4 heteroatoms. The fraction of sp³-hybridized carbons (Fsp3) is 0.632. The van der Waals surface area contributed by atoms with Crippen LogP contribution in [0.5, 0.6) is 0 Å². The number of benzene rings is 1. The molecule has 1 aromatic carbocycles. The summed E-state index contributed by atoms with van der Waals surface area (Å²) in [6, 6.07) is 8.89. The number of likely N-dealkylation sites (tertiary alicyclic amines) is 1. The number of nitrogens with zero attached hydrogens (tertiary/aromatic N) is 1. The van der Waals surface area contributed by atoms with Crippen molar-refractivity contribution in [3.05, 3.63) is 29.8 Å². The zero-order valence-electron chi connectivity index (χ0n) is 14.9. The van der Waals surface area contributed by atoms with Crippen LogP contribution in [0.4, 0.5) is 5.69 Å². The molecule has 0 aliphatic carbocycles. The van der Waals surface area contributed by atoms with Crippen LogP contribution in [0.15, 0.2) is 24.3 Å². The van der Waals surface area contributed by atoms with Crippen molar-refractivity contribution in [3.8, 4) is 0 Å². The first-order valence-electron chi connectivity index (χ1n) is 8.85. The van der Waals surface area contributed by atoms with E-state index in [0.717, 1.165) is 24.1 Å². The second-order valence-corrected chi connectivity index (χ2v) is 7.28. The number of aryl methyl sites for hydroxylation is 1. The van der Waals surface area contributed by atoms with Gasteiger partial charge in [-0.05, 0) is 56.6 Å². The summed E-state index contributed by atoms with van der Waals surface area (Å²) in [7, 11) is 2.25. The summed E-state index contributed by atoms with van der Waals surface area (Å²) >= 11 is 5.44. The van der Waals surface area contributed by atoms with Crippen LogP contribution in [-0.2, 0) is 0 Å². The first-order valence-corrected chi connectivity index (χ1v) is 9.26. The van der Waals surface area contributed by atoms with Crippen LogP contribution in [0, 0.1) is 18.8 Å². The summed E-state index contributed by atoms with van der Waals surface area (Å²) < 4.78 is 0. The first-order chi connectivity index (χ1) is 11.0. The highest BCUT2D eigenvalue weighted by Crippen LogP contribution is 2.31. The number of likely N-dealkylation sites (N-methyl/N-ethyl adjacent to an activating group) is 1. The van der Waals surface area contributed by atoms with Gasteiger partial charge in [-0.15, -0.1) is 0 Å². The summed E-state index contributed by atoms with van der Waals surface area (Å²) in [4.78, 5) is 2.50. The monoisotopic (exact) mass is 333 g/mol. The van der Waals surface area contributed by atoms with Gasteiger partial charge in [0, 0.05) is 24.8 Å². The minimum absolute atomic E-state index is 0.570. The standard InChI is InChI=1S/C19H31N3S/c1-5-15-11-18(22(4)13-16(15)6-2)12-20-19(23)21-17-9-7-14(3)8-10-17/h7-10,15-16,18H,5-6,11-13H2,1-4H3,(H2,20,21,23)/t15-,16-,18+/m0/s1. The lowest BCUT2D eigenvalue weighted by atomic mass is 9.79. The molecule has 2 rings (SSSR count). The lowest BCUT2D eigenvalue weighted by Gasteiger charge is -2.42. The fourth-order valence-corrected chi connectivity index (χ4v) is 3.82. The summed E-state index contributed by atoms with van der Waals surface area (Å²) in [6.45, 7) is 8.86. The normalized spacial score (nSPS) is 25.1. The van der Waals surface area contributed by atoms with Gasteiger partial charge < -0.3 is 15.5 Å². The van der Waals surface area contributed by atoms with Crippen LogP contribution >= 0.6 is 12.2 Å². The molecule has 0 unspecified atom stereocenters. The second kappa shape index (κ2) is 8.65. The van der Waals surface area contributed by atoms with Crippen LogP contribution in [0.25, 0.3) is 0 Å². The molecule has 0 amide bonds. The van der Waals surface area contributed by atoms with Crippen molar-refractivity contribution in [1.82, 2.24) is 10.2 Å². The second-order valence-electron chi connectivity index (χ2n) is 6.87. The van der Waals surface area contributed by atoms with Crippen molar-refractivity contribution in [3.63, 3.8) is 0 Å². The third-order valence-corrected chi connectivity index (χ3v) is 5.49. The van der Waals surface area contributed by atoms with Crippen molar-refractivity contribution >= 4 is 23.0 Å². The molecule has 23 heavy (non-hydrogen) atoms. The molecule has 0 bridgehead atoms. The Morgan fingerprint density at radius 1 is 1.17 bits per heavy atom. The van der Waals surface area contributed by atoms with E-state index in [1.165, 1.54) is 31.4 Å². The number of hydrogen-bond acceptors (Lipinski definition) is 2. The van der Waals surface area contributed by atoms with E-state index < -0.39 is 0 Å². The number of piperidine rings is 1. The average Bonchev–Trinajstić information content (AvgIpc) is 2.55. The first kappa shape index (κ1) is 18.2. The predicted molar refractivity (Wildman–Crippen MR) is 104 cm³/mol. The van der Waals surface area contributed by atoms with Gasteiger partial charge in [0.25, 0.3) is 0 Å². The molecule has 1 fully saturated rings. The van der Waals surface area contributed by atoms with Crippen LogP contribution in [0.1, 0.15) is 38.7 Å². The molecule has 1 aromatic rings. The van der Waals surface area contributed by atoms with Gasteiger partial charge in [0.05, 0.1) is 0 Å². The number of hydrogen-bond donors (Lipinski definition) is 2. The third kappa shape index (κ3) is 5.18. The van der Waals surface area contributed by atoms with Crippen molar-refractivity contribution in [2.75, 3.05) is 25.5 Å². The van der Waals surface area contributed by atoms with Gasteiger partial charge in [-0.2, -0.15) is 0 Å². The van der Waals surface area contributed by atoms with E-state index in [0.29, 0.717) is 11.2 Å². The molecule has 0 aromatic heterocycles. The third-order valence-electron chi connectivity index (χ3n) is 5.24. The van der Waals surface area contributed by atoms with E-state index in [4.69, 9.17) is 12.2 Å².